The van der Waals surface area contributed by atoms with Gasteiger partial charge in [0.05, 0.1) is 21.1 Å². The van der Waals surface area contributed by atoms with Crippen LogP contribution < -0.4 is 10.9 Å². The van der Waals surface area contributed by atoms with E-state index in [0.717, 1.165) is 0 Å². The van der Waals surface area contributed by atoms with Crippen LogP contribution in [0.4, 0.5) is 11.4 Å². The van der Waals surface area contributed by atoms with Crippen LogP contribution in [0.25, 0.3) is 10.9 Å². The zero-order chi connectivity index (χ0) is 19.6. The lowest BCUT2D eigenvalue weighted by atomic mass is 10.2. The van der Waals surface area contributed by atoms with Crippen LogP contribution in [0.2, 0.25) is 0 Å². The molecule has 1 heterocycles. The topological polar surface area (TPSA) is 107 Å². The van der Waals surface area contributed by atoms with Crippen molar-refractivity contribution in [1.82, 2.24) is 9.55 Å². The molecule has 0 aliphatic rings. The van der Waals surface area contributed by atoms with Gasteiger partial charge in [-0.1, -0.05) is 23.9 Å². The summed E-state index contributed by atoms with van der Waals surface area (Å²) in [6.45, 7) is 1.70. The van der Waals surface area contributed by atoms with Crippen molar-refractivity contribution in [2.45, 2.75) is 17.3 Å². The van der Waals surface area contributed by atoms with Crippen LogP contribution >= 0.6 is 11.8 Å². The Morgan fingerprint density at radius 2 is 1.89 bits per heavy atom. The van der Waals surface area contributed by atoms with Crippen LogP contribution in [0.5, 0.6) is 0 Å². The maximum absolute atomic E-state index is 12.4. The van der Waals surface area contributed by atoms with E-state index in [0.29, 0.717) is 21.7 Å². The van der Waals surface area contributed by atoms with Crippen LogP contribution in [0.1, 0.15) is 6.92 Å². The maximum Gasteiger partial charge on any atom is 0.269 e. The van der Waals surface area contributed by atoms with E-state index in [1.807, 2.05) is 0 Å². The lowest BCUT2D eigenvalue weighted by Crippen LogP contribution is -2.25. The molecule has 0 spiro atoms. The Morgan fingerprint density at radius 3 is 2.56 bits per heavy atom. The number of nitro benzene ring substituents is 1. The predicted octanol–water partition coefficient (Wildman–Crippen LogP) is 2.96. The second kappa shape index (κ2) is 7.58. The average molecular weight is 384 g/mol. The molecule has 2 aromatic carbocycles. The average Bonchev–Trinajstić information content (AvgIpc) is 2.66. The zero-order valence-corrected chi connectivity index (χ0v) is 15.4. The highest BCUT2D eigenvalue weighted by Crippen LogP contribution is 2.23. The Hall–Kier alpha value is -3.20. The molecule has 1 unspecified atom stereocenters. The van der Waals surface area contributed by atoms with Gasteiger partial charge in [-0.2, -0.15) is 0 Å². The summed E-state index contributed by atoms with van der Waals surface area (Å²) in [7, 11) is 1.62. The van der Waals surface area contributed by atoms with E-state index in [4.69, 9.17) is 0 Å². The van der Waals surface area contributed by atoms with Crippen LogP contribution in [-0.2, 0) is 11.8 Å². The summed E-state index contributed by atoms with van der Waals surface area (Å²) in [4.78, 5) is 39.5. The molecule has 0 bridgehead atoms. The molecule has 138 valence electrons. The summed E-state index contributed by atoms with van der Waals surface area (Å²) in [5.74, 6) is -0.295. The van der Waals surface area contributed by atoms with E-state index < -0.39 is 10.2 Å². The summed E-state index contributed by atoms with van der Waals surface area (Å²) in [6, 6.07) is 12.6. The fourth-order valence-electron chi connectivity index (χ4n) is 2.42. The molecule has 1 N–H and O–H groups in total. The van der Waals surface area contributed by atoms with Gasteiger partial charge in [0.2, 0.25) is 5.91 Å². The number of para-hydroxylation sites is 1. The minimum absolute atomic E-state index is 0.0502. The second-order valence-corrected chi connectivity index (χ2v) is 7.14. The van der Waals surface area contributed by atoms with E-state index >= 15 is 0 Å². The molecule has 0 radical (unpaired) electrons. The van der Waals surface area contributed by atoms with Gasteiger partial charge in [0.15, 0.2) is 5.16 Å². The molecule has 9 heteroatoms. The first-order valence-electron chi connectivity index (χ1n) is 8.04. The van der Waals surface area contributed by atoms with Crippen LogP contribution in [0.3, 0.4) is 0 Å². The molecule has 1 aromatic heterocycles. The van der Waals surface area contributed by atoms with Crippen molar-refractivity contribution in [3.05, 3.63) is 69.0 Å². The molecular formula is C18H16N4O4S. The van der Waals surface area contributed by atoms with Crippen molar-refractivity contribution >= 4 is 39.9 Å². The van der Waals surface area contributed by atoms with Gasteiger partial charge < -0.3 is 5.32 Å². The number of nitrogens with zero attached hydrogens (tertiary/aromatic N) is 3. The van der Waals surface area contributed by atoms with Gasteiger partial charge in [0.1, 0.15) is 0 Å². The third-order valence-electron chi connectivity index (χ3n) is 3.94. The van der Waals surface area contributed by atoms with Crippen LogP contribution in [0, 0.1) is 10.1 Å². The molecule has 1 amide bonds. The number of benzene rings is 2. The summed E-state index contributed by atoms with van der Waals surface area (Å²) in [5.41, 5.74) is 0.807. The monoisotopic (exact) mass is 384 g/mol. The number of rotatable bonds is 5. The van der Waals surface area contributed by atoms with Gasteiger partial charge >= 0.3 is 0 Å². The smallest absolute Gasteiger partial charge is 0.269 e. The van der Waals surface area contributed by atoms with Crippen LogP contribution in [0.15, 0.2) is 58.5 Å². The van der Waals surface area contributed by atoms with Crippen molar-refractivity contribution in [3.8, 4) is 0 Å². The largest absolute Gasteiger partial charge is 0.325 e. The molecule has 8 nitrogen and oxygen atoms in total. The molecule has 1 atom stereocenters. The minimum Gasteiger partial charge on any atom is -0.325 e. The maximum atomic E-state index is 12.4. The highest BCUT2D eigenvalue weighted by Gasteiger charge is 2.18. The lowest BCUT2D eigenvalue weighted by Gasteiger charge is -2.14. The molecule has 3 aromatic rings. The Bertz CT molecular complexity index is 1080. The van der Waals surface area contributed by atoms with Gasteiger partial charge in [-0.3, -0.25) is 24.3 Å². The van der Waals surface area contributed by atoms with Gasteiger partial charge in [-0.25, -0.2) is 4.98 Å². The van der Waals surface area contributed by atoms with E-state index in [-0.39, 0.29) is 17.2 Å². The molecule has 3 rings (SSSR count). The quantitative estimate of drug-likeness (QED) is 0.314. The number of carbonyl (C=O) groups is 1. The Balaban J connectivity index is 1.76. The van der Waals surface area contributed by atoms with Crippen molar-refractivity contribution in [1.29, 1.82) is 0 Å². The summed E-state index contributed by atoms with van der Waals surface area (Å²) in [6.07, 6.45) is 0. The van der Waals surface area contributed by atoms with E-state index in [1.54, 1.807) is 38.2 Å². The Kier molecular flexibility index (Phi) is 5.22. The zero-order valence-electron chi connectivity index (χ0n) is 14.6. The van der Waals surface area contributed by atoms with Gasteiger partial charge in [-0.05, 0) is 31.2 Å². The predicted molar refractivity (Wildman–Crippen MR) is 104 cm³/mol. The number of hydrogen-bond acceptors (Lipinski definition) is 6. The van der Waals surface area contributed by atoms with Crippen molar-refractivity contribution < 1.29 is 9.72 Å². The molecule has 27 heavy (non-hydrogen) atoms. The first-order valence-corrected chi connectivity index (χ1v) is 8.92. The number of carbonyl (C=O) groups excluding carboxylic acids is 1. The minimum atomic E-state index is -0.528. The normalized spacial score (nSPS) is 11.9. The number of nitrogens with one attached hydrogen (secondary N) is 1. The number of thioether (sulfide) groups is 1. The number of fused-ring (bicyclic) bond motifs is 1. The number of aromatic nitrogens is 2. The Labute approximate surface area is 158 Å². The number of hydrogen-bond donors (Lipinski definition) is 1. The fourth-order valence-corrected chi connectivity index (χ4v) is 3.30. The fraction of sp³-hybridized carbons (Fsp3) is 0.167. The first kappa shape index (κ1) is 18.6. The second-order valence-electron chi connectivity index (χ2n) is 5.83. The summed E-state index contributed by atoms with van der Waals surface area (Å²) < 4.78 is 1.42. The van der Waals surface area contributed by atoms with E-state index in [2.05, 4.69) is 10.3 Å². The SMILES string of the molecule is CC(Sc1nc2ccccc2c(=O)n1C)C(=O)Nc1ccc([N+](=O)[O-])cc1. The Morgan fingerprint density at radius 1 is 1.22 bits per heavy atom. The highest BCUT2D eigenvalue weighted by molar-refractivity contribution is 8.00. The van der Waals surface area contributed by atoms with Crippen molar-refractivity contribution in [2.75, 3.05) is 5.32 Å². The molecule has 0 saturated carbocycles. The standard InChI is InChI=1S/C18H16N4O4S/c1-11(16(23)19-12-7-9-13(10-8-12)22(25)26)27-18-20-15-6-4-3-5-14(15)17(24)21(18)2/h3-11H,1-2H3,(H,19,23). The summed E-state index contributed by atoms with van der Waals surface area (Å²) >= 11 is 1.17. The molecule has 0 aliphatic heterocycles. The van der Waals surface area contributed by atoms with Crippen LogP contribution in [-0.4, -0.2) is 25.6 Å². The van der Waals surface area contributed by atoms with Crippen molar-refractivity contribution in [3.63, 3.8) is 0 Å². The number of anilines is 1. The molecule has 0 fully saturated rings. The van der Waals surface area contributed by atoms with Gasteiger partial charge in [0.25, 0.3) is 11.2 Å². The van der Waals surface area contributed by atoms with Crippen molar-refractivity contribution in [2.24, 2.45) is 7.05 Å². The number of nitro groups is 1. The number of amides is 1. The van der Waals surface area contributed by atoms with Gasteiger partial charge in [-0.15, -0.1) is 0 Å². The van der Waals surface area contributed by atoms with E-state index in [9.17, 15) is 19.7 Å². The first-order chi connectivity index (χ1) is 12.9. The molecule has 0 saturated heterocycles. The number of non-ortho nitro benzene ring substituents is 1. The third kappa shape index (κ3) is 3.98. The lowest BCUT2D eigenvalue weighted by molar-refractivity contribution is -0.384. The molecular weight excluding hydrogens is 368 g/mol. The highest BCUT2D eigenvalue weighted by atomic mass is 32.2. The van der Waals surface area contributed by atoms with Gasteiger partial charge in [0, 0.05) is 24.9 Å². The van der Waals surface area contributed by atoms with E-state index in [1.165, 1.54) is 40.6 Å². The summed E-state index contributed by atoms with van der Waals surface area (Å²) in [5, 5.41) is 13.8. The molecule has 0 aliphatic carbocycles. The third-order valence-corrected chi connectivity index (χ3v) is 5.08.